The molecule has 0 spiro atoms. The maximum Gasteiger partial charge on any atom is 0.338 e. The smallest absolute Gasteiger partial charge is 0.338 e. The summed E-state index contributed by atoms with van der Waals surface area (Å²) >= 11 is 0. The number of ether oxygens (including phenoxy) is 1. The Morgan fingerprint density at radius 1 is 1.36 bits per heavy atom. The van der Waals surface area contributed by atoms with Crippen LogP contribution in [-0.4, -0.2) is 68.6 Å². The maximum absolute atomic E-state index is 10.7. The third-order valence-electron chi connectivity index (χ3n) is 2.07. The molecule has 7 nitrogen and oxygen atoms in total. The highest BCUT2D eigenvalue weighted by molar-refractivity contribution is 5.77. The van der Waals surface area contributed by atoms with E-state index in [0.717, 1.165) is 0 Å². The van der Waals surface area contributed by atoms with Gasteiger partial charge in [0, 0.05) is 0 Å². The van der Waals surface area contributed by atoms with Gasteiger partial charge in [-0.3, -0.25) is 0 Å². The molecule has 0 aromatic rings. The van der Waals surface area contributed by atoms with Crippen molar-refractivity contribution in [2.24, 2.45) is 0 Å². The van der Waals surface area contributed by atoms with Crippen LogP contribution in [0.1, 0.15) is 0 Å². The Kier molecular flexibility index (Phi) is 3.40. The van der Waals surface area contributed by atoms with Gasteiger partial charge in [0.25, 0.3) is 0 Å². The van der Waals surface area contributed by atoms with Gasteiger partial charge in [0.15, 0.2) is 12.2 Å². The summed E-state index contributed by atoms with van der Waals surface area (Å²) < 4.78 is 4.41. The highest BCUT2D eigenvalue weighted by atomic mass is 16.6. The first kappa shape index (κ1) is 11.3. The van der Waals surface area contributed by atoms with Gasteiger partial charge in [-0.15, -0.1) is 0 Å². The minimum absolute atomic E-state index is 0.738. The van der Waals surface area contributed by atoms with Crippen LogP contribution in [0.5, 0.6) is 0 Å². The molecule has 0 saturated carbocycles. The van der Waals surface area contributed by atoms with Crippen LogP contribution in [0.2, 0.25) is 0 Å². The topological polar surface area (TPSA) is 127 Å². The fourth-order valence-electron chi connectivity index (χ4n) is 1.19. The lowest BCUT2D eigenvalue weighted by molar-refractivity contribution is -0.155. The number of cyclic esters (lactones) is 1. The Hall–Kier alpha value is -0.730. The van der Waals surface area contributed by atoms with Gasteiger partial charge in [-0.25, -0.2) is 4.79 Å². The van der Waals surface area contributed by atoms with Crippen molar-refractivity contribution in [3.05, 3.63) is 0 Å². The van der Waals surface area contributed by atoms with Crippen molar-refractivity contribution in [3.8, 4) is 0 Å². The fourth-order valence-corrected chi connectivity index (χ4v) is 1.19. The standard InChI is InChI=1S/C7H12O7/c8-1-2(9)3(10)6-4(11)5(12)7(13)14-6/h2-6,8-12H,1H2/t2-,3+,4+,5?,6-/m1/s1. The lowest BCUT2D eigenvalue weighted by Crippen LogP contribution is -2.46. The molecular formula is C7H12O7. The molecule has 1 fully saturated rings. The number of rotatable bonds is 3. The second-order valence-corrected chi connectivity index (χ2v) is 3.08. The second-order valence-electron chi connectivity index (χ2n) is 3.08. The van der Waals surface area contributed by atoms with E-state index in [4.69, 9.17) is 15.3 Å². The lowest BCUT2D eigenvalue weighted by atomic mass is 10.0. The first-order chi connectivity index (χ1) is 6.49. The monoisotopic (exact) mass is 208 g/mol. The summed E-state index contributed by atoms with van der Waals surface area (Å²) in [5.41, 5.74) is 0. The molecule has 5 N–H and O–H groups in total. The van der Waals surface area contributed by atoms with E-state index in [1.54, 1.807) is 0 Å². The van der Waals surface area contributed by atoms with Gasteiger partial charge in [0.05, 0.1) is 6.61 Å². The largest absolute Gasteiger partial charge is 0.455 e. The number of carbonyl (C=O) groups excluding carboxylic acids is 1. The molecule has 0 amide bonds. The molecule has 1 rings (SSSR count). The molecule has 0 bridgehead atoms. The van der Waals surface area contributed by atoms with Gasteiger partial charge in [0.2, 0.25) is 0 Å². The number of aliphatic hydroxyl groups is 5. The Bertz CT molecular complexity index is 218. The van der Waals surface area contributed by atoms with Crippen LogP contribution in [0.3, 0.4) is 0 Å². The molecule has 0 aliphatic carbocycles. The van der Waals surface area contributed by atoms with Crippen molar-refractivity contribution in [3.63, 3.8) is 0 Å². The van der Waals surface area contributed by atoms with Crippen molar-refractivity contribution in [1.82, 2.24) is 0 Å². The summed E-state index contributed by atoms with van der Waals surface area (Å²) in [6.45, 7) is -0.738. The Balaban J connectivity index is 2.66. The van der Waals surface area contributed by atoms with Crippen LogP contribution >= 0.6 is 0 Å². The zero-order chi connectivity index (χ0) is 10.9. The molecule has 1 unspecified atom stereocenters. The third kappa shape index (κ3) is 1.86. The van der Waals surface area contributed by atoms with Crippen molar-refractivity contribution in [1.29, 1.82) is 0 Å². The van der Waals surface area contributed by atoms with Crippen LogP contribution in [0, 0.1) is 0 Å². The minimum atomic E-state index is -1.72. The summed E-state index contributed by atoms with van der Waals surface area (Å²) in [6, 6.07) is 0. The molecule has 14 heavy (non-hydrogen) atoms. The van der Waals surface area contributed by atoms with E-state index in [1.807, 2.05) is 0 Å². The van der Waals surface area contributed by atoms with Crippen LogP contribution < -0.4 is 0 Å². The molecular weight excluding hydrogens is 196 g/mol. The predicted molar refractivity (Wildman–Crippen MR) is 41.0 cm³/mol. The summed E-state index contributed by atoms with van der Waals surface area (Å²) in [4.78, 5) is 10.7. The average molecular weight is 208 g/mol. The van der Waals surface area contributed by atoms with Gasteiger partial charge in [-0.05, 0) is 0 Å². The van der Waals surface area contributed by atoms with E-state index in [0.29, 0.717) is 0 Å². The zero-order valence-corrected chi connectivity index (χ0v) is 7.15. The second kappa shape index (κ2) is 4.20. The molecule has 1 saturated heterocycles. The number of hydrogen-bond donors (Lipinski definition) is 5. The first-order valence-electron chi connectivity index (χ1n) is 4.02. The predicted octanol–water partition coefficient (Wildman–Crippen LogP) is -3.65. The summed E-state index contributed by atoms with van der Waals surface area (Å²) in [7, 11) is 0. The SMILES string of the molecule is O=C1O[C@H]([C@@H](O)[C@H](O)CO)[C@@H](O)C1O. The number of aliphatic hydroxyl groups excluding tert-OH is 5. The molecule has 0 aromatic carbocycles. The quantitative estimate of drug-likeness (QED) is 0.302. The summed E-state index contributed by atoms with van der Waals surface area (Å²) in [5.74, 6) is -1.06. The molecule has 1 aliphatic rings. The molecule has 0 aromatic heterocycles. The fraction of sp³-hybridized carbons (Fsp3) is 0.857. The van der Waals surface area contributed by atoms with Crippen molar-refractivity contribution < 1.29 is 35.1 Å². The van der Waals surface area contributed by atoms with Gasteiger partial charge in [0.1, 0.15) is 18.3 Å². The Morgan fingerprint density at radius 2 is 1.93 bits per heavy atom. The van der Waals surface area contributed by atoms with Crippen molar-refractivity contribution in [2.75, 3.05) is 6.61 Å². The number of hydrogen-bond acceptors (Lipinski definition) is 7. The average Bonchev–Trinajstić information content (AvgIpc) is 2.43. The van der Waals surface area contributed by atoms with Crippen LogP contribution in [-0.2, 0) is 9.53 Å². The molecule has 5 atom stereocenters. The lowest BCUT2D eigenvalue weighted by Gasteiger charge is -2.23. The number of carbonyl (C=O) groups is 1. The maximum atomic E-state index is 10.7. The van der Waals surface area contributed by atoms with E-state index >= 15 is 0 Å². The Morgan fingerprint density at radius 3 is 2.29 bits per heavy atom. The molecule has 7 heteroatoms. The highest BCUT2D eigenvalue weighted by Crippen LogP contribution is 2.20. The van der Waals surface area contributed by atoms with Crippen molar-refractivity contribution >= 4 is 5.97 Å². The number of esters is 1. The van der Waals surface area contributed by atoms with Crippen LogP contribution in [0.4, 0.5) is 0 Å². The van der Waals surface area contributed by atoms with E-state index < -0.39 is 43.1 Å². The minimum Gasteiger partial charge on any atom is -0.455 e. The van der Waals surface area contributed by atoms with E-state index in [1.165, 1.54) is 0 Å². The molecule has 0 radical (unpaired) electrons. The Labute approximate surface area is 79.2 Å². The summed E-state index contributed by atoms with van der Waals surface area (Å²) in [6.07, 6.45) is -7.90. The molecule has 1 heterocycles. The van der Waals surface area contributed by atoms with Gasteiger partial charge in [-0.2, -0.15) is 0 Å². The van der Waals surface area contributed by atoms with E-state index in [2.05, 4.69) is 4.74 Å². The van der Waals surface area contributed by atoms with Crippen molar-refractivity contribution in [2.45, 2.75) is 30.5 Å². The first-order valence-corrected chi connectivity index (χ1v) is 4.02. The van der Waals surface area contributed by atoms with Crippen LogP contribution in [0.25, 0.3) is 0 Å². The van der Waals surface area contributed by atoms with E-state index in [-0.39, 0.29) is 0 Å². The molecule has 1 aliphatic heterocycles. The third-order valence-corrected chi connectivity index (χ3v) is 2.07. The van der Waals surface area contributed by atoms with Gasteiger partial charge in [-0.1, -0.05) is 0 Å². The normalized spacial score (nSPS) is 36.6. The summed E-state index contributed by atoms with van der Waals surface area (Å²) in [5, 5.41) is 44.9. The van der Waals surface area contributed by atoms with Gasteiger partial charge < -0.3 is 30.3 Å². The zero-order valence-electron chi connectivity index (χ0n) is 7.15. The van der Waals surface area contributed by atoms with Gasteiger partial charge >= 0.3 is 5.97 Å². The van der Waals surface area contributed by atoms with E-state index in [9.17, 15) is 15.0 Å². The molecule has 82 valence electrons. The highest BCUT2D eigenvalue weighted by Gasteiger charge is 2.47. The van der Waals surface area contributed by atoms with Crippen LogP contribution in [0.15, 0.2) is 0 Å².